The first kappa shape index (κ1) is 20.1. The summed E-state index contributed by atoms with van der Waals surface area (Å²) in [6.45, 7) is 2.54. The zero-order valence-electron chi connectivity index (χ0n) is 17.6. The van der Waals surface area contributed by atoms with Crippen molar-refractivity contribution >= 4 is 11.5 Å². The standard InChI is InChI=1S/C23H22FN5O4/c24-17-3-1-2-16(21(17)30)18-9-19-22(28-27-18)26-11-14-8-15(12-29(14)19)33-20-5-4-13(10-25-20)23-31-6-7-32-23/h1-5,9-10,14-15,23,30H,6-8,11-12H2,(H,26,28). The summed E-state index contributed by atoms with van der Waals surface area (Å²) in [5.41, 5.74) is 2.43. The van der Waals surface area contributed by atoms with Gasteiger partial charge in [-0.2, -0.15) is 0 Å². The van der Waals surface area contributed by atoms with Crippen LogP contribution in [0.15, 0.2) is 42.6 Å². The molecule has 1 aromatic carbocycles. The van der Waals surface area contributed by atoms with E-state index in [-0.39, 0.29) is 18.4 Å². The normalized spacial score (nSPS) is 22.0. The van der Waals surface area contributed by atoms with E-state index in [4.69, 9.17) is 14.2 Å². The van der Waals surface area contributed by atoms with Gasteiger partial charge in [-0.25, -0.2) is 9.37 Å². The first-order valence-electron chi connectivity index (χ1n) is 10.9. The fourth-order valence-corrected chi connectivity index (χ4v) is 4.56. The molecular weight excluding hydrogens is 429 g/mol. The summed E-state index contributed by atoms with van der Waals surface area (Å²) in [6.07, 6.45) is 2.12. The molecule has 2 aromatic heterocycles. The van der Waals surface area contributed by atoms with E-state index in [0.29, 0.717) is 42.7 Å². The maximum atomic E-state index is 13.8. The molecule has 0 aliphatic carbocycles. The van der Waals surface area contributed by atoms with E-state index in [1.807, 2.05) is 18.2 Å². The number of ether oxygens (including phenoxy) is 3. The minimum Gasteiger partial charge on any atom is -0.504 e. The second-order valence-corrected chi connectivity index (χ2v) is 8.27. The highest BCUT2D eigenvalue weighted by Gasteiger charge is 2.38. The van der Waals surface area contributed by atoms with Crippen molar-refractivity contribution in [2.24, 2.45) is 0 Å². The second kappa shape index (κ2) is 8.13. The lowest BCUT2D eigenvalue weighted by Crippen LogP contribution is -2.40. The molecule has 6 rings (SSSR count). The van der Waals surface area contributed by atoms with Gasteiger partial charge in [-0.15, -0.1) is 10.2 Å². The highest BCUT2D eigenvalue weighted by atomic mass is 19.1. The number of anilines is 2. The Balaban J connectivity index is 1.20. The summed E-state index contributed by atoms with van der Waals surface area (Å²) in [4.78, 5) is 6.64. The average Bonchev–Trinajstić information content (AvgIpc) is 3.51. The Morgan fingerprint density at radius 2 is 2.03 bits per heavy atom. The summed E-state index contributed by atoms with van der Waals surface area (Å²) < 4.78 is 31.0. The van der Waals surface area contributed by atoms with E-state index in [1.54, 1.807) is 12.3 Å². The van der Waals surface area contributed by atoms with Crippen LogP contribution >= 0.6 is 0 Å². The SMILES string of the molecule is Oc1c(F)cccc1-c1cc2c(nn1)NCC1CC(Oc3ccc(C4OCCO4)cn3)CN21. The van der Waals surface area contributed by atoms with Crippen LogP contribution in [0.1, 0.15) is 18.3 Å². The fourth-order valence-electron chi connectivity index (χ4n) is 4.56. The van der Waals surface area contributed by atoms with Crippen LogP contribution in [0.3, 0.4) is 0 Å². The molecule has 0 amide bonds. The number of phenolic OH excluding ortho intramolecular Hbond substituents is 1. The van der Waals surface area contributed by atoms with Crippen molar-refractivity contribution in [1.29, 1.82) is 0 Å². The van der Waals surface area contributed by atoms with E-state index in [2.05, 4.69) is 25.4 Å². The zero-order valence-corrected chi connectivity index (χ0v) is 17.6. The van der Waals surface area contributed by atoms with Gasteiger partial charge in [0, 0.05) is 36.4 Å². The van der Waals surface area contributed by atoms with Gasteiger partial charge < -0.3 is 29.5 Å². The molecular formula is C23H22FN5O4. The van der Waals surface area contributed by atoms with Gasteiger partial charge in [-0.1, -0.05) is 6.07 Å². The maximum absolute atomic E-state index is 13.8. The Morgan fingerprint density at radius 3 is 2.85 bits per heavy atom. The number of aromatic hydroxyl groups is 1. The number of pyridine rings is 1. The zero-order chi connectivity index (χ0) is 22.4. The molecule has 5 heterocycles. The van der Waals surface area contributed by atoms with Gasteiger partial charge in [0.25, 0.3) is 0 Å². The molecule has 33 heavy (non-hydrogen) atoms. The number of rotatable bonds is 4. The molecule has 170 valence electrons. The maximum Gasteiger partial charge on any atom is 0.213 e. The third-order valence-corrected chi connectivity index (χ3v) is 6.17. The highest BCUT2D eigenvalue weighted by molar-refractivity contribution is 5.76. The third-order valence-electron chi connectivity index (χ3n) is 6.17. The minimum absolute atomic E-state index is 0.0562. The van der Waals surface area contributed by atoms with Crippen molar-refractivity contribution in [3.05, 3.63) is 54.0 Å². The van der Waals surface area contributed by atoms with Gasteiger partial charge in [0.2, 0.25) is 5.88 Å². The third kappa shape index (κ3) is 3.70. The van der Waals surface area contributed by atoms with Crippen LogP contribution in [0.2, 0.25) is 0 Å². The monoisotopic (exact) mass is 451 g/mol. The summed E-state index contributed by atoms with van der Waals surface area (Å²) >= 11 is 0. The Hall–Kier alpha value is -3.50. The predicted octanol–water partition coefficient (Wildman–Crippen LogP) is 2.88. The molecule has 3 aliphatic heterocycles. The van der Waals surface area contributed by atoms with Crippen LogP contribution in [0.5, 0.6) is 11.6 Å². The molecule has 3 aromatic rings. The summed E-state index contributed by atoms with van der Waals surface area (Å²) in [5.74, 6) is 0.0819. The summed E-state index contributed by atoms with van der Waals surface area (Å²) in [5, 5.41) is 21.9. The lowest BCUT2D eigenvalue weighted by Gasteiger charge is -2.33. The van der Waals surface area contributed by atoms with Crippen molar-refractivity contribution in [2.75, 3.05) is 36.5 Å². The molecule has 2 atom stereocenters. The highest BCUT2D eigenvalue weighted by Crippen LogP contribution is 2.39. The number of hydrogen-bond acceptors (Lipinski definition) is 9. The number of halogens is 1. The molecule has 9 nitrogen and oxygen atoms in total. The predicted molar refractivity (Wildman–Crippen MR) is 117 cm³/mol. The van der Waals surface area contributed by atoms with Gasteiger partial charge in [0.05, 0.1) is 37.2 Å². The Bertz CT molecular complexity index is 1170. The number of benzene rings is 1. The first-order valence-corrected chi connectivity index (χ1v) is 10.9. The van der Waals surface area contributed by atoms with Crippen molar-refractivity contribution < 1.29 is 23.7 Å². The molecule has 2 saturated heterocycles. The number of nitrogens with zero attached hydrogens (tertiary/aromatic N) is 4. The van der Waals surface area contributed by atoms with E-state index < -0.39 is 11.6 Å². The van der Waals surface area contributed by atoms with Crippen LogP contribution in [0.4, 0.5) is 15.9 Å². The van der Waals surface area contributed by atoms with Crippen LogP contribution in [-0.4, -0.2) is 58.7 Å². The smallest absolute Gasteiger partial charge is 0.213 e. The number of phenols is 1. The topological polar surface area (TPSA) is 102 Å². The molecule has 0 spiro atoms. The number of hydrogen-bond donors (Lipinski definition) is 2. The molecule has 0 saturated carbocycles. The van der Waals surface area contributed by atoms with Crippen molar-refractivity contribution in [3.8, 4) is 22.9 Å². The quantitative estimate of drug-likeness (QED) is 0.620. The van der Waals surface area contributed by atoms with Gasteiger partial charge in [0.15, 0.2) is 23.7 Å². The Kier molecular flexibility index (Phi) is 4.96. The van der Waals surface area contributed by atoms with E-state index in [9.17, 15) is 9.50 Å². The molecule has 2 N–H and O–H groups in total. The van der Waals surface area contributed by atoms with Crippen LogP contribution in [0.25, 0.3) is 11.3 Å². The van der Waals surface area contributed by atoms with E-state index >= 15 is 0 Å². The minimum atomic E-state index is -0.692. The number of para-hydroxylation sites is 1. The Morgan fingerprint density at radius 1 is 1.15 bits per heavy atom. The molecule has 3 aliphatic rings. The van der Waals surface area contributed by atoms with Crippen molar-refractivity contribution in [3.63, 3.8) is 0 Å². The second-order valence-electron chi connectivity index (χ2n) is 8.27. The Labute approximate surface area is 189 Å². The fraction of sp³-hybridized carbons (Fsp3) is 0.348. The van der Waals surface area contributed by atoms with Gasteiger partial charge >= 0.3 is 0 Å². The van der Waals surface area contributed by atoms with Crippen molar-refractivity contribution in [2.45, 2.75) is 24.9 Å². The van der Waals surface area contributed by atoms with Gasteiger partial charge in [-0.05, 0) is 24.3 Å². The van der Waals surface area contributed by atoms with Crippen molar-refractivity contribution in [1.82, 2.24) is 15.2 Å². The summed E-state index contributed by atoms with van der Waals surface area (Å²) in [7, 11) is 0. The van der Waals surface area contributed by atoms with Crippen LogP contribution in [-0.2, 0) is 9.47 Å². The van der Waals surface area contributed by atoms with E-state index in [0.717, 1.165) is 24.2 Å². The van der Waals surface area contributed by atoms with Crippen LogP contribution in [0, 0.1) is 5.82 Å². The largest absolute Gasteiger partial charge is 0.504 e. The molecule has 2 fully saturated rings. The number of aromatic nitrogens is 3. The van der Waals surface area contributed by atoms with E-state index in [1.165, 1.54) is 12.1 Å². The average molecular weight is 451 g/mol. The lowest BCUT2D eigenvalue weighted by molar-refractivity contribution is -0.0444. The van der Waals surface area contributed by atoms with Gasteiger partial charge in [-0.3, -0.25) is 0 Å². The van der Waals surface area contributed by atoms with Crippen LogP contribution < -0.4 is 15.0 Å². The summed E-state index contributed by atoms with van der Waals surface area (Å²) in [6, 6.07) is 10.1. The van der Waals surface area contributed by atoms with Gasteiger partial charge in [0.1, 0.15) is 6.10 Å². The number of nitrogens with one attached hydrogen (secondary N) is 1. The first-order chi connectivity index (χ1) is 16.2. The molecule has 2 unspecified atom stereocenters. The lowest BCUT2D eigenvalue weighted by atomic mass is 10.1. The number of fused-ring (bicyclic) bond motifs is 3. The molecule has 0 bridgehead atoms. The molecule has 0 radical (unpaired) electrons. The molecule has 10 heteroatoms.